The van der Waals surface area contributed by atoms with Crippen molar-refractivity contribution >= 4 is 22.9 Å². The predicted molar refractivity (Wildman–Crippen MR) is 118 cm³/mol. The van der Waals surface area contributed by atoms with E-state index in [9.17, 15) is 4.79 Å². The average molecular weight is 417 g/mol. The lowest BCUT2D eigenvalue weighted by Gasteiger charge is -2.13. The zero-order valence-corrected chi connectivity index (χ0v) is 17.3. The van der Waals surface area contributed by atoms with Gasteiger partial charge in [-0.2, -0.15) is 0 Å². The summed E-state index contributed by atoms with van der Waals surface area (Å²) in [5, 5.41) is 5.85. The molecule has 0 unspecified atom stereocenters. The van der Waals surface area contributed by atoms with E-state index in [1.54, 1.807) is 41.9 Å². The van der Waals surface area contributed by atoms with Crippen LogP contribution in [0.1, 0.15) is 10.4 Å². The van der Waals surface area contributed by atoms with Crippen molar-refractivity contribution in [2.24, 2.45) is 0 Å². The number of nitrogens with one attached hydrogen (secondary N) is 1. The highest BCUT2D eigenvalue weighted by Crippen LogP contribution is 2.31. The molecule has 2 heterocycles. The normalized spacial score (nSPS) is 10.5. The lowest BCUT2D eigenvalue weighted by atomic mass is 10.1. The molecule has 0 atom stereocenters. The minimum Gasteiger partial charge on any atom is -0.496 e. The molecule has 0 fully saturated rings. The molecule has 0 saturated heterocycles. The van der Waals surface area contributed by atoms with Crippen LogP contribution in [0.5, 0.6) is 11.5 Å². The number of hydrogen-bond donors (Lipinski definition) is 1. The van der Waals surface area contributed by atoms with Crippen molar-refractivity contribution in [2.75, 3.05) is 19.5 Å². The monoisotopic (exact) mass is 417 g/mol. The van der Waals surface area contributed by atoms with Gasteiger partial charge in [-0.05, 0) is 36.4 Å². The first-order chi connectivity index (χ1) is 14.7. The van der Waals surface area contributed by atoms with Gasteiger partial charge in [-0.1, -0.05) is 18.2 Å². The Morgan fingerprint density at radius 2 is 1.57 bits per heavy atom. The zero-order valence-electron chi connectivity index (χ0n) is 16.5. The summed E-state index contributed by atoms with van der Waals surface area (Å²) in [6.07, 6.45) is 3.51. The molecule has 0 aliphatic carbocycles. The van der Waals surface area contributed by atoms with Gasteiger partial charge in [0.25, 0.3) is 5.91 Å². The number of methoxy groups -OCH3 is 2. The van der Waals surface area contributed by atoms with Crippen molar-refractivity contribution in [3.05, 3.63) is 77.9 Å². The second-order valence-electron chi connectivity index (χ2n) is 6.34. The molecular weight excluding hydrogens is 398 g/mol. The molecule has 6 nitrogen and oxygen atoms in total. The van der Waals surface area contributed by atoms with Crippen LogP contribution in [0.15, 0.2) is 72.4 Å². The van der Waals surface area contributed by atoms with E-state index in [-0.39, 0.29) is 5.91 Å². The molecule has 0 saturated carbocycles. The van der Waals surface area contributed by atoms with Crippen molar-refractivity contribution in [3.63, 3.8) is 0 Å². The van der Waals surface area contributed by atoms with Crippen molar-refractivity contribution in [1.29, 1.82) is 0 Å². The Labute approximate surface area is 178 Å². The van der Waals surface area contributed by atoms with Crippen molar-refractivity contribution in [2.45, 2.75) is 0 Å². The van der Waals surface area contributed by atoms with Gasteiger partial charge in [0.05, 0.1) is 19.9 Å². The van der Waals surface area contributed by atoms with E-state index < -0.39 is 0 Å². The highest BCUT2D eigenvalue weighted by atomic mass is 32.1. The van der Waals surface area contributed by atoms with Crippen molar-refractivity contribution in [3.8, 4) is 33.3 Å². The number of thiazole rings is 1. The number of rotatable bonds is 6. The van der Waals surface area contributed by atoms with Crippen LogP contribution >= 0.6 is 11.3 Å². The fourth-order valence-corrected chi connectivity index (χ4v) is 3.86. The molecule has 0 aliphatic heterocycles. The SMILES string of the molecule is COc1cccc(OC)c1C(=O)Nc1ccc(-c2csc(-c3ccncc3)n2)cc1. The Kier molecular flexibility index (Phi) is 5.72. The summed E-state index contributed by atoms with van der Waals surface area (Å²) in [4.78, 5) is 21.5. The molecule has 1 amide bonds. The van der Waals surface area contributed by atoms with E-state index in [0.29, 0.717) is 22.7 Å². The molecular formula is C23H19N3O3S. The second-order valence-corrected chi connectivity index (χ2v) is 7.20. The summed E-state index contributed by atoms with van der Waals surface area (Å²) in [6, 6.07) is 16.7. The highest BCUT2D eigenvalue weighted by molar-refractivity contribution is 7.13. The third-order valence-electron chi connectivity index (χ3n) is 4.52. The van der Waals surface area contributed by atoms with Crippen LogP contribution in [0.3, 0.4) is 0 Å². The van der Waals surface area contributed by atoms with Crippen LogP contribution in [-0.4, -0.2) is 30.1 Å². The first-order valence-corrected chi connectivity index (χ1v) is 10.1. The van der Waals surface area contributed by atoms with Crippen molar-refractivity contribution in [1.82, 2.24) is 9.97 Å². The fourth-order valence-electron chi connectivity index (χ4n) is 3.03. The maximum atomic E-state index is 12.8. The number of hydrogen-bond acceptors (Lipinski definition) is 6. The fraction of sp³-hybridized carbons (Fsp3) is 0.0870. The van der Waals surface area contributed by atoms with Gasteiger partial charge in [-0.15, -0.1) is 11.3 Å². The second kappa shape index (κ2) is 8.75. The van der Waals surface area contributed by atoms with E-state index in [4.69, 9.17) is 14.5 Å². The Bertz CT molecular complexity index is 1140. The molecule has 30 heavy (non-hydrogen) atoms. The molecule has 2 aromatic heterocycles. The van der Waals surface area contributed by atoms with E-state index in [0.717, 1.165) is 21.8 Å². The molecule has 0 spiro atoms. The van der Waals surface area contributed by atoms with Gasteiger partial charge in [0, 0.05) is 34.6 Å². The zero-order chi connectivity index (χ0) is 20.9. The molecule has 1 N–H and O–H groups in total. The number of pyridine rings is 1. The summed E-state index contributed by atoms with van der Waals surface area (Å²) in [6.45, 7) is 0. The number of carbonyl (C=O) groups is 1. The van der Waals surface area contributed by atoms with Crippen molar-refractivity contribution < 1.29 is 14.3 Å². The molecule has 7 heteroatoms. The van der Waals surface area contributed by atoms with Crippen LogP contribution in [0, 0.1) is 0 Å². The topological polar surface area (TPSA) is 73.3 Å². The number of carbonyl (C=O) groups excluding carboxylic acids is 1. The molecule has 0 radical (unpaired) electrons. The molecule has 0 aliphatic rings. The summed E-state index contributed by atoms with van der Waals surface area (Å²) in [5.74, 6) is 0.606. The van der Waals surface area contributed by atoms with Crippen LogP contribution < -0.4 is 14.8 Å². The summed E-state index contributed by atoms with van der Waals surface area (Å²) in [7, 11) is 3.04. The van der Waals surface area contributed by atoms with Crippen LogP contribution in [0.4, 0.5) is 5.69 Å². The number of amides is 1. The standard InChI is InChI=1S/C23H19N3O3S/c1-28-19-4-3-5-20(29-2)21(19)22(27)25-17-8-6-15(7-9-17)18-14-30-23(26-18)16-10-12-24-13-11-16/h3-14H,1-2H3,(H,25,27). The molecule has 4 rings (SSSR count). The third-order valence-corrected chi connectivity index (χ3v) is 5.42. The minimum atomic E-state index is -0.300. The number of ether oxygens (including phenoxy) is 2. The highest BCUT2D eigenvalue weighted by Gasteiger charge is 2.18. The summed E-state index contributed by atoms with van der Waals surface area (Å²) >= 11 is 1.58. The number of benzene rings is 2. The first-order valence-electron chi connectivity index (χ1n) is 9.18. The average Bonchev–Trinajstić information content (AvgIpc) is 3.30. The van der Waals surface area contributed by atoms with Gasteiger partial charge in [0.2, 0.25) is 0 Å². The van der Waals surface area contributed by atoms with Gasteiger partial charge in [-0.25, -0.2) is 4.98 Å². The maximum Gasteiger partial charge on any atom is 0.263 e. The predicted octanol–water partition coefficient (Wildman–Crippen LogP) is 5.14. The van der Waals surface area contributed by atoms with E-state index in [1.807, 2.05) is 41.8 Å². The summed E-state index contributed by atoms with van der Waals surface area (Å²) in [5.41, 5.74) is 3.92. The van der Waals surface area contributed by atoms with Gasteiger partial charge in [-0.3, -0.25) is 9.78 Å². The van der Waals surface area contributed by atoms with Crippen LogP contribution in [-0.2, 0) is 0 Å². The maximum absolute atomic E-state index is 12.8. The lowest BCUT2D eigenvalue weighted by Crippen LogP contribution is -2.14. The van der Waals surface area contributed by atoms with Gasteiger partial charge in [0.1, 0.15) is 22.1 Å². The summed E-state index contributed by atoms with van der Waals surface area (Å²) < 4.78 is 10.6. The Hall–Kier alpha value is -3.71. The molecule has 2 aromatic carbocycles. The van der Waals surface area contributed by atoms with Gasteiger partial charge >= 0.3 is 0 Å². The molecule has 150 valence electrons. The molecule has 4 aromatic rings. The van der Waals surface area contributed by atoms with Crippen LogP contribution in [0.25, 0.3) is 21.8 Å². The number of aromatic nitrogens is 2. The van der Waals surface area contributed by atoms with E-state index >= 15 is 0 Å². The first kappa shape index (κ1) is 19.6. The van der Waals surface area contributed by atoms with Crippen LogP contribution in [0.2, 0.25) is 0 Å². The smallest absolute Gasteiger partial charge is 0.263 e. The largest absolute Gasteiger partial charge is 0.496 e. The van der Waals surface area contributed by atoms with E-state index in [2.05, 4.69) is 10.3 Å². The quantitative estimate of drug-likeness (QED) is 0.470. The lowest BCUT2D eigenvalue weighted by molar-refractivity contribution is 0.102. The Balaban J connectivity index is 1.53. The minimum absolute atomic E-state index is 0.300. The number of anilines is 1. The third kappa shape index (κ3) is 4.01. The Morgan fingerprint density at radius 1 is 0.900 bits per heavy atom. The number of nitrogens with zero attached hydrogens (tertiary/aromatic N) is 2. The Morgan fingerprint density at radius 3 is 2.20 bits per heavy atom. The molecule has 0 bridgehead atoms. The van der Waals surface area contributed by atoms with Gasteiger partial charge in [0.15, 0.2) is 0 Å². The van der Waals surface area contributed by atoms with E-state index in [1.165, 1.54) is 14.2 Å². The van der Waals surface area contributed by atoms with Gasteiger partial charge < -0.3 is 14.8 Å².